The quantitative estimate of drug-likeness (QED) is 0.0569. The predicted molar refractivity (Wildman–Crippen MR) is 317 cm³/mol. The van der Waals surface area contributed by atoms with Crippen LogP contribution in [0.25, 0.3) is 0 Å². The molecule has 3 saturated heterocycles. The maximum atomic E-state index is 13.1. The van der Waals surface area contributed by atoms with E-state index in [0.29, 0.717) is 89.5 Å². The van der Waals surface area contributed by atoms with Gasteiger partial charge in [-0.05, 0) is 94.9 Å². The summed E-state index contributed by atoms with van der Waals surface area (Å²) in [5, 5.41) is 12.9. The van der Waals surface area contributed by atoms with Crippen LogP contribution in [0.15, 0.2) is 92.7 Å². The van der Waals surface area contributed by atoms with Gasteiger partial charge in [0.15, 0.2) is 0 Å². The number of hydrogen-bond acceptors (Lipinski definition) is 20. The molecule has 0 bridgehead atoms. The number of pyridine rings is 2. The molecular weight excluding hydrogens is 1020 g/mol. The fourth-order valence-corrected chi connectivity index (χ4v) is 12.3. The van der Waals surface area contributed by atoms with Gasteiger partial charge in [0.25, 0.3) is 0 Å². The monoisotopic (exact) mass is 1100 g/mol. The van der Waals surface area contributed by atoms with Crippen molar-refractivity contribution in [2.45, 2.75) is 76.3 Å². The fourth-order valence-electron chi connectivity index (χ4n) is 12.3. The zero-order valence-electron chi connectivity index (χ0n) is 47.5. The molecule has 3 atom stereocenters. The lowest BCUT2D eigenvalue weighted by Crippen LogP contribution is -2.38. The molecule has 22 heteroatoms. The first-order valence-electron chi connectivity index (χ1n) is 27.7. The van der Waals surface area contributed by atoms with Crippen molar-refractivity contribution < 1.29 is 19.1 Å². The van der Waals surface area contributed by atoms with Gasteiger partial charge in [-0.1, -0.05) is 40.9 Å². The molecule has 81 heavy (non-hydrogen) atoms. The minimum absolute atomic E-state index is 0.215. The summed E-state index contributed by atoms with van der Waals surface area (Å²) in [4.78, 5) is 77.5. The van der Waals surface area contributed by atoms with Gasteiger partial charge in [-0.3, -0.25) is 19.6 Å². The molecule has 4 N–H and O–H groups in total. The van der Waals surface area contributed by atoms with E-state index in [4.69, 9.17) is 29.4 Å². The van der Waals surface area contributed by atoms with Crippen LogP contribution in [0.5, 0.6) is 11.5 Å². The van der Waals surface area contributed by atoms with Crippen molar-refractivity contribution in [3.8, 4) is 11.5 Å². The number of nitrogens with one attached hydrogen (secondary N) is 4. The number of rotatable bonds is 19. The lowest BCUT2D eigenvalue weighted by Gasteiger charge is -2.31. The van der Waals surface area contributed by atoms with Crippen molar-refractivity contribution >= 4 is 81.1 Å². The molecule has 5 aliphatic heterocycles. The highest BCUT2D eigenvalue weighted by Gasteiger charge is 2.43. The van der Waals surface area contributed by atoms with Crippen LogP contribution in [0.2, 0.25) is 0 Å². The summed E-state index contributed by atoms with van der Waals surface area (Å²) >= 11 is 0. The number of nitrogens with zero attached hydrogens (tertiary/aromatic N) is 14. The molecule has 4 aromatic heterocycles. The number of benzene rings is 2. The summed E-state index contributed by atoms with van der Waals surface area (Å²) in [5.41, 5.74) is 8.09. The Kier molecular flexibility index (Phi) is 14.9. The SMILES string of the molecule is C=CC(=O)Nc1cc(Nc2ncnc(N3CC(C)(C)c4nc(CCOc5cc(N6CCC[C@@H]6CN(C)C)c(NC(=O)C=C)cc5Nc5ncnc(N6CC(C)(C)c7ncccc76)n5)ccc43)n2)c(OC)cc1N1CCC2CN(C)CC21. The van der Waals surface area contributed by atoms with Crippen LogP contribution in [-0.4, -0.2) is 154 Å². The van der Waals surface area contributed by atoms with Crippen LogP contribution < -0.4 is 50.3 Å². The van der Waals surface area contributed by atoms with Crippen molar-refractivity contribution in [1.82, 2.24) is 49.7 Å². The number of ether oxygens (including phenoxy) is 2. The smallest absolute Gasteiger partial charge is 0.247 e. The summed E-state index contributed by atoms with van der Waals surface area (Å²) in [7, 11) is 7.94. The molecule has 6 aromatic rings. The summed E-state index contributed by atoms with van der Waals surface area (Å²) in [6.07, 6.45) is 10.9. The number of aromatic nitrogens is 8. The van der Waals surface area contributed by atoms with Crippen LogP contribution in [0, 0.1) is 5.92 Å². The molecular formula is C59H72N18O4. The number of likely N-dealkylation sites (N-methyl/N-ethyl adjacent to an activating group) is 2. The molecule has 2 unspecified atom stereocenters. The fraction of sp³-hybridized carbons (Fsp3) is 0.424. The highest BCUT2D eigenvalue weighted by Crippen LogP contribution is 2.47. The van der Waals surface area contributed by atoms with Gasteiger partial charge in [-0.15, -0.1) is 0 Å². The van der Waals surface area contributed by atoms with E-state index in [1.165, 1.54) is 24.8 Å². The Morgan fingerprint density at radius 2 is 1.33 bits per heavy atom. The number of carbonyl (C=O) groups is 2. The molecule has 0 aliphatic carbocycles. The zero-order chi connectivity index (χ0) is 56.7. The van der Waals surface area contributed by atoms with E-state index in [1.807, 2.05) is 48.7 Å². The van der Waals surface area contributed by atoms with Crippen molar-refractivity contribution in [3.05, 3.63) is 110 Å². The largest absolute Gasteiger partial charge is 0.494 e. The topological polar surface area (TPSA) is 223 Å². The van der Waals surface area contributed by atoms with E-state index in [1.54, 1.807) is 7.11 Å². The van der Waals surface area contributed by atoms with Crippen LogP contribution >= 0.6 is 0 Å². The van der Waals surface area contributed by atoms with Crippen LogP contribution in [0.3, 0.4) is 0 Å². The standard InChI is InChI=1S/C59H72N18O4/c1-11-50(78)66-39-26-42(69-55-62-35-63-56(71-55)76-32-58(3,4)52-43(76)16-13-21-60-52)49(28-45(39)74-22-14-15-38(74)30-72(7)8)81-24-20-37-17-18-44-53(65-37)59(5,6)33-77(44)57-64-34-61-54(70-57)68-41-25-40(67-51(79)12-2)46(27-48(41)80-10)75-23-19-36-29-73(9)31-47(36)75/h11-13,16-18,21,25-28,34-36,38,47H,1-2,14-15,19-20,22-24,29-33H2,3-10H3,(H,66,78)(H,67,79)(H,61,64,68,70)(H,62,63,69,71)/t36?,38-,47?/m1/s1. The third-order valence-electron chi connectivity index (χ3n) is 16.0. The van der Waals surface area contributed by atoms with E-state index < -0.39 is 0 Å². The third kappa shape index (κ3) is 11.1. The minimum atomic E-state index is -0.379. The number of fused-ring (bicyclic) bond motifs is 3. The molecule has 0 spiro atoms. The van der Waals surface area contributed by atoms with Gasteiger partial charge in [0.1, 0.15) is 24.2 Å². The molecule has 0 saturated carbocycles. The normalized spacial score (nSPS) is 19.5. The van der Waals surface area contributed by atoms with Gasteiger partial charge in [0.2, 0.25) is 35.6 Å². The summed E-state index contributed by atoms with van der Waals surface area (Å²) in [6, 6.07) is 16.3. The van der Waals surface area contributed by atoms with Crippen LogP contribution in [0.4, 0.5) is 69.3 Å². The lowest BCUT2D eigenvalue weighted by atomic mass is 9.91. The second-order valence-electron chi connectivity index (χ2n) is 23.2. The molecule has 5 aliphatic rings. The highest BCUT2D eigenvalue weighted by atomic mass is 16.5. The highest BCUT2D eigenvalue weighted by molar-refractivity contribution is 6.03. The van der Waals surface area contributed by atoms with Crippen molar-refractivity contribution in [2.24, 2.45) is 5.92 Å². The van der Waals surface area contributed by atoms with E-state index in [0.717, 1.165) is 91.8 Å². The molecule has 2 aromatic carbocycles. The Bertz CT molecular complexity index is 3390. The van der Waals surface area contributed by atoms with Crippen molar-refractivity contribution in [1.29, 1.82) is 0 Å². The Morgan fingerprint density at radius 3 is 1.98 bits per heavy atom. The molecule has 3 fully saturated rings. The summed E-state index contributed by atoms with van der Waals surface area (Å²) < 4.78 is 12.8. The van der Waals surface area contributed by atoms with Crippen molar-refractivity contribution in [2.75, 3.05) is 122 Å². The Balaban J connectivity index is 0.852. The van der Waals surface area contributed by atoms with Gasteiger partial charge in [0, 0.05) is 99.2 Å². The molecule has 422 valence electrons. The first-order valence-corrected chi connectivity index (χ1v) is 27.7. The van der Waals surface area contributed by atoms with Crippen molar-refractivity contribution in [3.63, 3.8) is 0 Å². The minimum Gasteiger partial charge on any atom is -0.494 e. The van der Waals surface area contributed by atoms with E-state index >= 15 is 0 Å². The maximum Gasteiger partial charge on any atom is 0.247 e. The van der Waals surface area contributed by atoms with Crippen LogP contribution in [-0.2, 0) is 26.8 Å². The van der Waals surface area contributed by atoms with Gasteiger partial charge >= 0.3 is 0 Å². The molecule has 11 rings (SSSR count). The molecule has 2 amide bonds. The number of amides is 2. The Morgan fingerprint density at radius 1 is 0.716 bits per heavy atom. The number of likely N-dealkylation sites (tertiary alicyclic amines) is 1. The number of methoxy groups -OCH3 is 1. The van der Waals surface area contributed by atoms with Gasteiger partial charge < -0.3 is 60.1 Å². The predicted octanol–water partition coefficient (Wildman–Crippen LogP) is 7.74. The zero-order valence-corrected chi connectivity index (χ0v) is 47.5. The molecule has 9 heterocycles. The molecule has 0 radical (unpaired) electrons. The first kappa shape index (κ1) is 54.5. The summed E-state index contributed by atoms with van der Waals surface area (Å²) in [6.45, 7) is 22.1. The number of hydrogen-bond donors (Lipinski definition) is 4. The number of carbonyl (C=O) groups excluding carboxylic acids is 2. The first-order chi connectivity index (χ1) is 39.0. The van der Waals surface area contributed by atoms with Gasteiger partial charge in [-0.25, -0.2) is 19.9 Å². The van der Waals surface area contributed by atoms with E-state index in [-0.39, 0.29) is 35.3 Å². The number of anilines is 12. The average Bonchev–Trinajstić information content (AvgIpc) is 4.23. The second kappa shape index (κ2) is 22.2. The van der Waals surface area contributed by atoms with E-state index in [2.05, 4.69) is 139 Å². The van der Waals surface area contributed by atoms with E-state index in [9.17, 15) is 9.59 Å². The lowest BCUT2D eigenvalue weighted by molar-refractivity contribution is -0.112. The maximum absolute atomic E-state index is 13.1. The Labute approximate surface area is 473 Å². The molecule has 22 nitrogen and oxygen atoms in total. The van der Waals surface area contributed by atoms with Gasteiger partial charge in [-0.2, -0.15) is 9.97 Å². The Hall–Kier alpha value is -8.50. The third-order valence-corrected chi connectivity index (χ3v) is 16.0. The van der Waals surface area contributed by atoms with Crippen LogP contribution in [0.1, 0.15) is 64.0 Å². The summed E-state index contributed by atoms with van der Waals surface area (Å²) in [5.74, 6) is 2.59. The average molecular weight is 1100 g/mol. The second-order valence-corrected chi connectivity index (χ2v) is 23.2. The van der Waals surface area contributed by atoms with Gasteiger partial charge in [0.05, 0.1) is 70.6 Å².